The number of hydrogen-bond acceptors (Lipinski definition) is 0. The molecule has 0 amide bonds. The maximum atomic E-state index is 2.50. The SMILES string of the molecule is c1ccc2c(-c3ccc4c(c3)Cc3cc(-n5c6ccc(-c7cc8ccccc8c8ccccc78)cc6c6cc(-c7cc8ccccc8c8ccccc78)ccc65)ccc3-4)cccc2c1. The van der Waals surface area contributed by atoms with Gasteiger partial charge in [-0.3, -0.25) is 0 Å². The number of nitrogens with zero attached hydrogens (tertiary/aromatic N) is 1. The van der Waals surface area contributed by atoms with Gasteiger partial charge in [0.2, 0.25) is 0 Å². The summed E-state index contributed by atoms with van der Waals surface area (Å²) in [4.78, 5) is 0. The molecule has 0 fully saturated rings. The smallest absolute Gasteiger partial charge is 0.0541 e. The van der Waals surface area contributed by atoms with Crippen molar-refractivity contribution in [2.75, 3.05) is 0 Å². The highest BCUT2D eigenvalue weighted by molar-refractivity contribution is 6.18. The zero-order valence-electron chi connectivity index (χ0n) is 35.0. The second kappa shape index (κ2) is 13.6. The second-order valence-electron chi connectivity index (χ2n) is 17.6. The lowest BCUT2D eigenvalue weighted by Gasteiger charge is -2.13. The van der Waals surface area contributed by atoms with Crippen molar-refractivity contribution in [3.8, 4) is 50.2 Å². The van der Waals surface area contributed by atoms with E-state index in [-0.39, 0.29) is 0 Å². The van der Waals surface area contributed by atoms with Crippen molar-refractivity contribution in [1.82, 2.24) is 4.57 Å². The van der Waals surface area contributed by atoms with Crippen LogP contribution in [0.15, 0.2) is 224 Å². The summed E-state index contributed by atoms with van der Waals surface area (Å²) in [5.74, 6) is 0. The van der Waals surface area contributed by atoms with Crippen LogP contribution in [0.1, 0.15) is 11.1 Å². The van der Waals surface area contributed by atoms with Crippen molar-refractivity contribution >= 4 is 75.7 Å². The number of benzene rings is 12. The molecular formula is C63H39N. The van der Waals surface area contributed by atoms with Crippen LogP contribution in [0.5, 0.6) is 0 Å². The number of rotatable bonds is 4. The summed E-state index contributed by atoms with van der Waals surface area (Å²) in [6, 6.07) is 83.9. The van der Waals surface area contributed by atoms with Gasteiger partial charge >= 0.3 is 0 Å². The van der Waals surface area contributed by atoms with E-state index in [0.29, 0.717) is 0 Å². The van der Waals surface area contributed by atoms with E-state index in [2.05, 4.69) is 229 Å². The quantitative estimate of drug-likeness (QED) is 0.156. The highest BCUT2D eigenvalue weighted by Gasteiger charge is 2.23. The molecule has 1 heteroatoms. The highest BCUT2D eigenvalue weighted by atomic mass is 15.0. The molecule has 14 rings (SSSR count). The van der Waals surface area contributed by atoms with E-state index in [1.54, 1.807) is 0 Å². The van der Waals surface area contributed by atoms with Crippen molar-refractivity contribution < 1.29 is 0 Å². The maximum Gasteiger partial charge on any atom is 0.0541 e. The van der Waals surface area contributed by atoms with Gasteiger partial charge in [0.15, 0.2) is 0 Å². The van der Waals surface area contributed by atoms with Gasteiger partial charge in [0, 0.05) is 16.5 Å². The van der Waals surface area contributed by atoms with Crippen LogP contribution < -0.4 is 0 Å². The standard InChI is InChI=1S/C63H39N/c1-4-16-48-39(12-1)15-11-23-49(48)42-24-28-52-45(32-42)33-46-34-47(27-29-53(46)52)64-62-30-25-43(58-35-40-13-2-5-17-50(40)54-19-7-9-21-56(54)58)37-60(62)61-38-44(26-31-63(61)64)59-36-41-14-3-6-18-51(41)55-20-8-10-22-57(55)59/h1-32,34-38H,33H2. The summed E-state index contributed by atoms with van der Waals surface area (Å²) >= 11 is 0. The molecule has 12 aromatic carbocycles. The van der Waals surface area contributed by atoms with E-state index in [1.165, 1.54) is 137 Å². The Morgan fingerprint density at radius 1 is 0.250 bits per heavy atom. The predicted molar refractivity (Wildman–Crippen MR) is 273 cm³/mol. The van der Waals surface area contributed by atoms with Crippen molar-refractivity contribution in [1.29, 1.82) is 0 Å². The Morgan fingerprint density at radius 2 is 0.703 bits per heavy atom. The Labute approximate surface area is 370 Å². The van der Waals surface area contributed by atoms with Gasteiger partial charge in [-0.05, 0) is 164 Å². The number of hydrogen-bond donors (Lipinski definition) is 0. The molecule has 1 aliphatic carbocycles. The van der Waals surface area contributed by atoms with Gasteiger partial charge in [-0.1, -0.05) is 176 Å². The molecule has 0 atom stereocenters. The lowest BCUT2D eigenvalue weighted by atomic mass is 9.92. The van der Waals surface area contributed by atoms with Crippen LogP contribution >= 0.6 is 0 Å². The fraction of sp³-hybridized carbons (Fsp3) is 0.0159. The summed E-state index contributed by atoms with van der Waals surface area (Å²) in [7, 11) is 0. The van der Waals surface area contributed by atoms with Gasteiger partial charge in [-0.2, -0.15) is 0 Å². The van der Waals surface area contributed by atoms with Crippen molar-refractivity contribution in [2.45, 2.75) is 6.42 Å². The topological polar surface area (TPSA) is 4.93 Å². The Balaban J connectivity index is 0.963. The summed E-state index contributed by atoms with van der Waals surface area (Å²) in [5.41, 5.74) is 16.6. The first-order valence-electron chi connectivity index (χ1n) is 22.4. The Hall–Kier alpha value is -8.26. The third kappa shape index (κ3) is 5.25. The summed E-state index contributed by atoms with van der Waals surface area (Å²) in [6.45, 7) is 0. The molecule has 0 bridgehead atoms. The van der Waals surface area contributed by atoms with E-state index < -0.39 is 0 Å². The van der Waals surface area contributed by atoms with Crippen LogP contribution in [0.25, 0.3) is 126 Å². The van der Waals surface area contributed by atoms with Crippen LogP contribution in [0, 0.1) is 0 Å². The minimum absolute atomic E-state index is 0.909. The van der Waals surface area contributed by atoms with E-state index >= 15 is 0 Å². The molecule has 1 nitrogen and oxygen atoms in total. The molecule has 0 radical (unpaired) electrons. The molecule has 0 N–H and O–H groups in total. The molecule has 0 saturated carbocycles. The number of aromatic nitrogens is 1. The zero-order chi connectivity index (χ0) is 41.9. The number of fused-ring (bicyclic) bond motifs is 13. The fourth-order valence-electron chi connectivity index (χ4n) is 11.2. The van der Waals surface area contributed by atoms with E-state index in [0.717, 1.165) is 6.42 Å². The monoisotopic (exact) mass is 809 g/mol. The molecule has 13 aromatic rings. The van der Waals surface area contributed by atoms with Gasteiger partial charge < -0.3 is 4.57 Å². The van der Waals surface area contributed by atoms with Gasteiger partial charge in [0.1, 0.15) is 0 Å². The van der Waals surface area contributed by atoms with E-state index in [1.807, 2.05) is 0 Å². The van der Waals surface area contributed by atoms with Crippen LogP contribution in [0.2, 0.25) is 0 Å². The van der Waals surface area contributed by atoms with Crippen LogP contribution in [0.3, 0.4) is 0 Å². The van der Waals surface area contributed by atoms with Gasteiger partial charge in [0.25, 0.3) is 0 Å². The van der Waals surface area contributed by atoms with Crippen LogP contribution in [-0.2, 0) is 6.42 Å². The third-order valence-corrected chi connectivity index (χ3v) is 14.1. The average Bonchev–Trinajstić information content (AvgIpc) is 3.89. The largest absolute Gasteiger partial charge is 0.309 e. The molecule has 0 saturated heterocycles. The molecule has 64 heavy (non-hydrogen) atoms. The maximum absolute atomic E-state index is 2.50. The van der Waals surface area contributed by atoms with E-state index in [4.69, 9.17) is 0 Å². The normalized spacial score (nSPS) is 12.3. The zero-order valence-corrected chi connectivity index (χ0v) is 35.0. The highest BCUT2D eigenvalue weighted by Crippen LogP contribution is 2.45. The van der Waals surface area contributed by atoms with Gasteiger partial charge in [-0.25, -0.2) is 0 Å². The van der Waals surface area contributed by atoms with Crippen LogP contribution in [-0.4, -0.2) is 4.57 Å². The van der Waals surface area contributed by atoms with Gasteiger partial charge in [-0.15, -0.1) is 0 Å². The molecular weight excluding hydrogens is 771 g/mol. The lowest BCUT2D eigenvalue weighted by Crippen LogP contribution is -1.95. The lowest BCUT2D eigenvalue weighted by molar-refractivity contribution is 1.16. The summed E-state index contributed by atoms with van der Waals surface area (Å²) < 4.78 is 2.50. The third-order valence-electron chi connectivity index (χ3n) is 14.1. The predicted octanol–water partition coefficient (Wildman–Crippen LogP) is 17.1. The van der Waals surface area contributed by atoms with Gasteiger partial charge in [0.05, 0.1) is 11.0 Å². The van der Waals surface area contributed by atoms with Crippen molar-refractivity contribution in [3.05, 3.63) is 236 Å². The second-order valence-corrected chi connectivity index (χ2v) is 17.6. The Bertz CT molecular complexity index is 3930. The molecule has 0 unspecified atom stereocenters. The minimum Gasteiger partial charge on any atom is -0.309 e. The molecule has 1 aromatic heterocycles. The average molecular weight is 810 g/mol. The molecule has 0 spiro atoms. The fourth-order valence-corrected chi connectivity index (χ4v) is 11.2. The molecule has 1 heterocycles. The first kappa shape index (κ1) is 35.3. The van der Waals surface area contributed by atoms with Crippen molar-refractivity contribution in [2.24, 2.45) is 0 Å². The first-order chi connectivity index (χ1) is 31.7. The summed E-state index contributed by atoms with van der Waals surface area (Å²) in [6.07, 6.45) is 0.909. The van der Waals surface area contributed by atoms with Crippen LogP contribution in [0.4, 0.5) is 0 Å². The first-order valence-corrected chi connectivity index (χ1v) is 22.4. The molecule has 296 valence electrons. The van der Waals surface area contributed by atoms with E-state index in [9.17, 15) is 0 Å². The molecule has 0 aliphatic heterocycles. The minimum atomic E-state index is 0.909. The summed E-state index contributed by atoms with van der Waals surface area (Å²) in [5, 5.41) is 15.3. The molecule has 1 aliphatic rings. The van der Waals surface area contributed by atoms with Crippen molar-refractivity contribution in [3.63, 3.8) is 0 Å². The Morgan fingerprint density at radius 3 is 1.31 bits per heavy atom. The Kier molecular flexibility index (Phi) is 7.52.